The molecule has 0 bridgehead atoms. The zero-order valence-corrected chi connectivity index (χ0v) is 15.5. The standard InChI is InChI=1S/C19H27N3O3/c1-22(2)19-13(11-20-12-14-6-5-9-25-14)10-15-16(23-3)7-8-17(24-4)18(15)21-19/h7-8,10,14,20H,5-6,9,11-12H2,1-4H3. The van der Waals surface area contributed by atoms with E-state index in [0.717, 1.165) is 66.3 Å². The molecule has 1 atom stereocenters. The highest BCUT2D eigenvalue weighted by Crippen LogP contribution is 2.35. The molecule has 0 spiro atoms. The van der Waals surface area contributed by atoms with Crippen LogP contribution in [-0.2, 0) is 11.3 Å². The third kappa shape index (κ3) is 3.80. The van der Waals surface area contributed by atoms with E-state index in [1.807, 2.05) is 31.1 Å². The van der Waals surface area contributed by atoms with Crippen molar-refractivity contribution in [3.8, 4) is 11.5 Å². The zero-order chi connectivity index (χ0) is 17.8. The van der Waals surface area contributed by atoms with Crippen molar-refractivity contribution in [3.05, 3.63) is 23.8 Å². The highest BCUT2D eigenvalue weighted by Gasteiger charge is 2.17. The maximum atomic E-state index is 5.68. The smallest absolute Gasteiger partial charge is 0.145 e. The molecule has 1 aromatic carbocycles. The molecule has 3 rings (SSSR count). The number of ether oxygens (including phenoxy) is 3. The fraction of sp³-hybridized carbons (Fsp3) is 0.526. The van der Waals surface area contributed by atoms with Gasteiger partial charge in [0.1, 0.15) is 22.8 Å². The number of aromatic nitrogens is 1. The van der Waals surface area contributed by atoms with Crippen LogP contribution in [0.2, 0.25) is 0 Å². The Kier molecular flexibility index (Phi) is 5.60. The molecule has 0 radical (unpaired) electrons. The molecule has 1 N–H and O–H groups in total. The number of nitrogens with one attached hydrogen (secondary N) is 1. The average Bonchev–Trinajstić information content (AvgIpc) is 3.13. The Morgan fingerprint density at radius 1 is 1.24 bits per heavy atom. The zero-order valence-electron chi connectivity index (χ0n) is 15.5. The molecule has 136 valence electrons. The predicted octanol–water partition coefficient (Wildman–Crippen LogP) is 2.59. The van der Waals surface area contributed by atoms with Crippen LogP contribution in [0.25, 0.3) is 10.9 Å². The molecule has 1 saturated heterocycles. The lowest BCUT2D eigenvalue weighted by Gasteiger charge is -2.20. The van der Waals surface area contributed by atoms with E-state index in [-0.39, 0.29) is 0 Å². The minimum absolute atomic E-state index is 0.325. The number of methoxy groups -OCH3 is 2. The Morgan fingerprint density at radius 2 is 2.00 bits per heavy atom. The fourth-order valence-corrected chi connectivity index (χ4v) is 3.27. The maximum absolute atomic E-state index is 5.68. The van der Waals surface area contributed by atoms with Crippen LogP contribution >= 0.6 is 0 Å². The summed E-state index contributed by atoms with van der Waals surface area (Å²) in [4.78, 5) is 6.88. The van der Waals surface area contributed by atoms with E-state index in [2.05, 4.69) is 11.4 Å². The highest BCUT2D eigenvalue weighted by molar-refractivity contribution is 5.92. The van der Waals surface area contributed by atoms with E-state index >= 15 is 0 Å². The second-order valence-electron chi connectivity index (χ2n) is 6.50. The predicted molar refractivity (Wildman–Crippen MR) is 99.9 cm³/mol. The molecule has 2 heterocycles. The molecular formula is C19H27N3O3. The average molecular weight is 345 g/mol. The van der Waals surface area contributed by atoms with Gasteiger partial charge < -0.3 is 24.4 Å². The lowest BCUT2D eigenvalue weighted by Crippen LogP contribution is -2.27. The van der Waals surface area contributed by atoms with Crippen molar-refractivity contribution in [2.75, 3.05) is 46.4 Å². The number of rotatable bonds is 7. The Labute approximate surface area is 149 Å². The molecule has 6 nitrogen and oxygen atoms in total. The van der Waals surface area contributed by atoms with Crippen molar-refractivity contribution in [3.63, 3.8) is 0 Å². The summed E-state index contributed by atoms with van der Waals surface area (Å²) in [6, 6.07) is 5.95. The molecule has 1 aliphatic heterocycles. The van der Waals surface area contributed by atoms with E-state index in [1.165, 1.54) is 0 Å². The van der Waals surface area contributed by atoms with Crippen molar-refractivity contribution in [1.29, 1.82) is 0 Å². The van der Waals surface area contributed by atoms with Crippen molar-refractivity contribution in [1.82, 2.24) is 10.3 Å². The molecule has 2 aromatic rings. The fourth-order valence-electron chi connectivity index (χ4n) is 3.27. The van der Waals surface area contributed by atoms with Crippen LogP contribution in [0.15, 0.2) is 18.2 Å². The second kappa shape index (κ2) is 7.89. The van der Waals surface area contributed by atoms with Crippen LogP contribution in [0.4, 0.5) is 5.82 Å². The summed E-state index contributed by atoms with van der Waals surface area (Å²) in [5.41, 5.74) is 1.94. The van der Waals surface area contributed by atoms with E-state index in [1.54, 1.807) is 14.2 Å². The van der Waals surface area contributed by atoms with Crippen LogP contribution in [0.1, 0.15) is 18.4 Å². The molecule has 25 heavy (non-hydrogen) atoms. The number of hydrogen-bond donors (Lipinski definition) is 1. The van der Waals surface area contributed by atoms with E-state index in [9.17, 15) is 0 Å². The largest absolute Gasteiger partial charge is 0.496 e. The highest BCUT2D eigenvalue weighted by atomic mass is 16.5. The van der Waals surface area contributed by atoms with Gasteiger partial charge in [-0.1, -0.05) is 0 Å². The van der Waals surface area contributed by atoms with Gasteiger partial charge in [-0.25, -0.2) is 4.98 Å². The number of pyridine rings is 1. The summed E-state index contributed by atoms with van der Waals surface area (Å²) >= 11 is 0. The molecule has 1 aromatic heterocycles. The molecule has 6 heteroatoms. The third-order valence-corrected chi connectivity index (χ3v) is 4.54. The first-order valence-corrected chi connectivity index (χ1v) is 8.68. The van der Waals surface area contributed by atoms with Gasteiger partial charge in [0.25, 0.3) is 0 Å². The Balaban J connectivity index is 1.93. The minimum Gasteiger partial charge on any atom is -0.496 e. The van der Waals surface area contributed by atoms with Gasteiger partial charge in [0, 0.05) is 44.7 Å². The van der Waals surface area contributed by atoms with E-state index in [0.29, 0.717) is 6.10 Å². The Morgan fingerprint density at radius 3 is 2.64 bits per heavy atom. The topological polar surface area (TPSA) is 55.9 Å². The first-order valence-electron chi connectivity index (χ1n) is 8.68. The van der Waals surface area contributed by atoms with Gasteiger partial charge in [-0.05, 0) is 31.0 Å². The molecular weight excluding hydrogens is 318 g/mol. The van der Waals surface area contributed by atoms with Crippen molar-refractivity contribution < 1.29 is 14.2 Å². The first-order chi connectivity index (χ1) is 12.1. The summed E-state index contributed by atoms with van der Waals surface area (Å²) in [6.45, 7) is 2.47. The maximum Gasteiger partial charge on any atom is 0.145 e. The molecule has 0 amide bonds. The van der Waals surface area contributed by atoms with Gasteiger partial charge in [-0.15, -0.1) is 0 Å². The van der Waals surface area contributed by atoms with Gasteiger partial charge in [-0.2, -0.15) is 0 Å². The van der Waals surface area contributed by atoms with Gasteiger partial charge in [-0.3, -0.25) is 0 Å². The molecule has 1 unspecified atom stereocenters. The van der Waals surface area contributed by atoms with E-state index < -0.39 is 0 Å². The number of hydrogen-bond acceptors (Lipinski definition) is 6. The number of nitrogens with zero attached hydrogens (tertiary/aromatic N) is 2. The first kappa shape index (κ1) is 17.8. The van der Waals surface area contributed by atoms with Crippen LogP contribution in [0, 0.1) is 0 Å². The van der Waals surface area contributed by atoms with Gasteiger partial charge in [0.15, 0.2) is 0 Å². The summed E-state index contributed by atoms with van der Waals surface area (Å²) in [5, 5.41) is 4.47. The van der Waals surface area contributed by atoms with Gasteiger partial charge in [0.05, 0.1) is 20.3 Å². The van der Waals surface area contributed by atoms with E-state index in [4.69, 9.17) is 19.2 Å². The van der Waals surface area contributed by atoms with Crippen LogP contribution in [-0.4, -0.2) is 52.6 Å². The van der Waals surface area contributed by atoms with Crippen LogP contribution in [0.3, 0.4) is 0 Å². The summed E-state index contributed by atoms with van der Waals surface area (Å²) < 4.78 is 16.7. The SMILES string of the molecule is COc1ccc(OC)c2nc(N(C)C)c(CNCC3CCCO3)cc12. The number of benzene rings is 1. The second-order valence-corrected chi connectivity index (χ2v) is 6.50. The number of fused-ring (bicyclic) bond motifs is 1. The minimum atomic E-state index is 0.325. The van der Waals surface area contributed by atoms with Crippen LogP contribution in [0.5, 0.6) is 11.5 Å². The van der Waals surface area contributed by atoms with Crippen LogP contribution < -0.4 is 19.7 Å². The Bertz CT molecular complexity index is 727. The summed E-state index contributed by atoms with van der Waals surface area (Å²) in [6.07, 6.45) is 2.61. The molecule has 1 fully saturated rings. The summed E-state index contributed by atoms with van der Waals surface area (Å²) in [5.74, 6) is 2.48. The quantitative estimate of drug-likeness (QED) is 0.832. The monoisotopic (exact) mass is 345 g/mol. The van der Waals surface area contributed by atoms with Gasteiger partial charge >= 0.3 is 0 Å². The van der Waals surface area contributed by atoms with Crippen molar-refractivity contribution in [2.45, 2.75) is 25.5 Å². The van der Waals surface area contributed by atoms with Crippen molar-refractivity contribution in [2.24, 2.45) is 0 Å². The normalized spacial score (nSPS) is 17.0. The number of anilines is 1. The molecule has 0 aliphatic carbocycles. The Hall–Kier alpha value is -2.05. The lowest BCUT2D eigenvalue weighted by atomic mass is 10.1. The summed E-state index contributed by atoms with van der Waals surface area (Å²) in [7, 11) is 7.35. The van der Waals surface area contributed by atoms with Crippen molar-refractivity contribution >= 4 is 16.7 Å². The van der Waals surface area contributed by atoms with Gasteiger partial charge in [0.2, 0.25) is 0 Å². The molecule has 0 saturated carbocycles. The molecule has 1 aliphatic rings. The lowest BCUT2D eigenvalue weighted by molar-refractivity contribution is 0.110. The third-order valence-electron chi connectivity index (χ3n) is 4.54.